The Balaban J connectivity index is 0.00000860. The Hall–Kier alpha value is -4.50. The summed E-state index contributed by atoms with van der Waals surface area (Å²) in [6.07, 6.45) is 6.24. The Kier molecular flexibility index (Phi) is 21.9. The molecule has 81 heavy (non-hydrogen) atoms. The van der Waals surface area contributed by atoms with E-state index in [-0.39, 0.29) is 88.4 Å². The third kappa shape index (κ3) is 14.9. The molecule has 9 rings (SSSR count). The fourth-order valence-corrected chi connectivity index (χ4v) is 15.1. The Morgan fingerprint density at radius 2 is 1.40 bits per heavy atom. The van der Waals surface area contributed by atoms with Crippen molar-refractivity contribution in [1.82, 2.24) is 0 Å². The quantitative estimate of drug-likeness (QED) is 0.0201. The fraction of sp³-hybridized carbons (Fsp3) is 0.452. The van der Waals surface area contributed by atoms with E-state index in [1.165, 1.54) is 16.4 Å². The van der Waals surface area contributed by atoms with Crippen LogP contribution in [0.15, 0.2) is 91.0 Å². The summed E-state index contributed by atoms with van der Waals surface area (Å²) in [5, 5.41) is -1.22. The first kappa shape index (κ1) is 62.5. The van der Waals surface area contributed by atoms with Gasteiger partial charge in [0, 0.05) is 104 Å². The normalized spacial score (nSPS) is 16.7. The van der Waals surface area contributed by atoms with Crippen molar-refractivity contribution in [3.05, 3.63) is 147 Å². The number of Topliss-reactive ketones (excluding diaryl/α,β-unsaturated/α-hetero) is 1. The largest absolute Gasteiger partial charge is 0.493 e. The number of para-hydroxylation sites is 2. The maximum absolute atomic E-state index is 14.3. The fourth-order valence-electron chi connectivity index (χ4n) is 11.2. The number of carbonyl (C=O) groups is 3. The third-order valence-corrected chi connectivity index (χ3v) is 20.2. The van der Waals surface area contributed by atoms with Crippen molar-refractivity contribution >= 4 is 66.4 Å². The zero-order valence-electron chi connectivity index (χ0n) is 47.5. The molecule has 4 aliphatic heterocycles. The molecule has 0 aliphatic carbocycles. The van der Waals surface area contributed by atoms with Gasteiger partial charge in [-0.25, -0.2) is 0 Å². The predicted octanol–water partition coefficient (Wildman–Crippen LogP) is 10.4. The Morgan fingerprint density at radius 1 is 0.765 bits per heavy atom. The topological polar surface area (TPSA) is 160 Å². The summed E-state index contributed by atoms with van der Waals surface area (Å²) >= 11 is 0. The molecule has 0 fully saturated rings. The van der Waals surface area contributed by atoms with Crippen LogP contribution in [0.5, 0.6) is 17.2 Å². The molecule has 15 nitrogen and oxygen atoms in total. The molecule has 3 atom stereocenters. The van der Waals surface area contributed by atoms with Crippen molar-refractivity contribution in [3.8, 4) is 17.2 Å². The predicted molar refractivity (Wildman–Crippen MR) is 317 cm³/mol. The zero-order valence-corrected chi connectivity index (χ0v) is 52.8. The van der Waals surface area contributed by atoms with E-state index in [0.717, 1.165) is 83.2 Å². The molecule has 0 saturated heterocycles. The molecule has 0 spiro atoms. The number of fused-ring (bicyclic) bond motifs is 8. The summed E-state index contributed by atoms with van der Waals surface area (Å²) < 4.78 is 66.2. The van der Waals surface area contributed by atoms with Crippen molar-refractivity contribution in [1.29, 1.82) is 0 Å². The van der Waals surface area contributed by atoms with Gasteiger partial charge in [0.25, 0.3) is 21.9 Å². The zero-order chi connectivity index (χ0) is 56.6. The first-order valence-corrected chi connectivity index (χ1v) is 31.3. The van der Waals surface area contributed by atoms with Crippen molar-refractivity contribution in [3.63, 3.8) is 0 Å². The van der Waals surface area contributed by atoms with Crippen LogP contribution >= 0.6 is 21.6 Å². The number of aryl methyl sites for hydroxylation is 2. The Bertz CT molecular complexity index is 3160. The minimum Gasteiger partial charge on any atom is -0.493 e. The molecule has 0 aromatic heterocycles. The summed E-state index contributed by atoms with van der Waals surface area (Å²) in [4.78, 5) is 47.5. The minimum atomic E-state index is -4.03. The third-order valence-electron chi connectivity index (χ3n) is 15.2. The van der Waals surface area contributed by atoms with Gasteiger partial charge in [-0.15, -0.1) is 0 Å². The molecule has 4 heterocycles. The Morgan fingerprint density at radius 3 is 2.09 bits per heavy atom. The summed E-state index contributed by atoms with van der Waals surface area (Å²) in [7, 11) is 3.44. The summed E-state index contributed by atoms with van der Waals surface area (Å²) in [6.45, 7) is 11.6. The molecule has 431 valence electrons. The van der Waals surface area contributed by atoms with Gasteiger partial charge in [-0.2, -0.15) is 14.8 Å². The molecule has 1 unspecified atom stereocenters. The van der Waals surface area contributed by atoms with E-state index >= 15 is 0 Å². The molecule has 0 saturated carbocycles. The molecule has 1 radical (unpaired) electrons. The van der Waals surface area contributed by atoms with E-state index in [9.17, 15) is 22.8 Å². The number of methoxy groups -OCH3 is 2. The van der Waals surface area contributed by atoms with Crippen LogP contribution < -0.4 is 28.9 Å². The first-order chi connectivity index (χ1) is 38.6. The summed E-state index contributed by atoms with van der Waals surface area (Å²) in [5.74, 6) is 1.70. The van der Waals surface area contributed by atoms with Crippen molar-refractivity contribution < 1.29 is 88.1 Å². The standard InChI is InChI=1S/C62H74N3O12S3.Y/c1-8-55(66)59(80(69,70)73-7)21-28-78-79-62(3,4)40-63(22-23-74-26-27-75-25-24-71-5)50-31-42(38-76-56-35-44-17-19-48-33-46-13-9-11-15-53(46)64(48)60(67)51(44)29-41(56)2)30-43(32-50)39-77-58-36-45-18-20-49-34-47-14-10-12-16-54(47)65(49)61(68)52(45)37-57(58)72-6;/h9-16,20,29-32,35-37,48-49,59H,8,17-19,21-28,33-34,38-40H2,1-7H3;/q-1;/t48-,49-,59?;/m1./s1. The minimum absolute atomic E-state index is 0. The smallest absolute Gasteiger partial charge is 0.277 e. The number of benzene rings is 5. The number of ketones is 1. The van der Waals surface area contributed by atoms with Gasteiger partial charge in [0.2, 0.25) is 0 Å². The van der Waals surface area contributed by atoms with Crippen molar-refractivity contribution in [2.24, 2.45) is 0 Å². The molecule has 5 aromatic carbocycles. The SMILES string of the molecule is CCC(=O)C(CCSSC(C)(C)CN(CCOCCOCCOC)c1cc(COc2cc3c(cc2C)C(=O)N2c4ccccc4C[C@H]2CC3)cc(COc2cc3c(cc2OC)C(=O)N2c4ccccc4C[C@H]2[CH-]C3)c1)S(=O)(=O)OC.[Y]. The van der Waals surface area contributed by atoms with Gasteiger partial charge in [0.05, 0.1) is 47.3 Å². The van der Waals surface area contributed by atoms with Crippen molar-refractivity contribution in [2.75, 3.05) is 87.9 Å². The van der Waals surface area contributed by atoms with Crippen LogP contribution in [-0.2, 0) is 105 Å². The Labute approximate surface area is 511 Å². The number of anilines is 3. The average Bonchev–Trinajstić information content (AvgIpc) is 3.95. The van der Waals surface area contributed by atoms with E-state index in [4.69, 9.17) is 32.6 Å². The summed E-state index contributed by atoms with van der Waals surface area (Å²) in [6, 6.07) is 30.4. The van der Waals surface area contributed by atoms with Crippen LogP contribution in [0.3, 0.4) is 0 Å². The molecular weight excluding hydrogens is 1160 g/mol. The number of carbonyl (C=O) groups excluding carboxylic acids is 3. The molecule has 5 aromatic rings. The molecule has 4 aliphatic rings. The molecule has 2 amide bonds. The monoisotopic (exact) mass is 1240 g/mol. The van der Waals surface area contributed by atoms with Crippen LogP contribution in [0.25, 0.3) is 0 Å². The van der Waals surface area contributed by atoms with Crippen molar-refractivity contribution in [2.45, 2.75) is 108 Å². The van der Waals surface area contributed by atoms with E-state index in [1.54, 1.807) is 38.0 Å². The summed E-state index contributed by atoms with van der Waals surface area (Å²) in [5.41, 5.74) is 11.0. The molecule has 0 N–H and O–H groups in total. The average molecular weight is 1240 g/mol. The van der Waals surface area contributed by atoms with E-state index in [0.29, 0.717) is 86.7 Å². The van der Waals surface area contributed by atoms with E-state index < -0.39 is 20.1 Å². The second-order valence-electron chi connectivity index (χ2n) is 21.3. The van der Waals surface area contributed by atoms with Gasteiger partial charge < -0.3 is 49.5 Å². The van der Waals surface area contributed by atoms with Crippen LogP contribution in [0.4, 0.5) is 17.1 Å². The van der Waals surface area contributed by atoms with Crippen LogP contribution in [0.2, 0.25) is 0 Å². The van der Waals surface area contributed by atoms with E-state index in [2.05, 4.69) is 55.5 Å². The maximum Gasteiger partial charge on any atom is 0.277 e. The molecule has 19 heteroatoms. The number of nitrogens with zero attached hydrogens (tertiary/aromatic N) is 3. The van der Waals surface area contributed by atoms with Gasteiger partial charge >= 0.3 is 0 Å². The van der Waals surface area contributed by atoms with Crippen LogP contribution in [0.1, 0.15) is 99.7 Å². The van der Waals surface area contributed by atoms with E-state index in [1.807, 2.05) is 71.3 Å². The van der Waals surface area contributed by atoms with Gasteiger partial charge in [-0.1, -0.05) is 76.5 Å². The number of ether oxygens (including phenoxy) is 6. The van der Waals surface area contributed by atoms with Crippen LogP contribution in [-0.4, -0.2) is 121 Å². The number of hydrogen-bond acceptors (Lipinski definition) is 15. The molecule has 0 bridgehead atoms. The molecular formula is C62H74N3O12S3Y-. The first-order valence-electron chi connectivity index (χ1n) is 27.5. The van der Waals surface area contributed by atoms with Gasteiger partial charge in [-0.05, 0) is 141 Å². The van der Waals surface area contributed by atoms with Gasteiger partial charge in [0.15, 0.2) is 17.3 Å². The maximum atomic E-state index is 14.3. The van der Waals surface area contributed by atoms with Crippen LogP contribution in [0, 0.1) is 13.3 Å². The second-order valence-corrected chi connectivity index (χ2v) is 26.3. The second kappa shape index (κ2) is 28.4. The van der Waals surface area contributed by atoms with Gasteiger partial charge in [0.1, 0.15) is 24.2 Å². The number of rotatable bonds is 28. The van der Waals surface area contributed by atoms with Gasteiger partial charge in [-0.3, -0.25) is 18.6 Å². The number of amides is 2. The number of hydrogen-bond donors (Lipinski definition) is 0.